The zero-order valence-electron chi connectivity index (χ0n) is 16.5. The van der Waals surface area contributed by atoms with E-state index in [1.54, 1.807) is 23.7 Å². The van der Waals surface area contributed by atoms with Gasteiger partial charge in [0.25, 0.3) is 5.91 Å². The molecule has 150 valence electrons. The molecule has 0 aliphatic carbocycles. The van der Waals surface area contributed by atoms with Crippen molar-refractivity contribution in [2.45, 2.75) is 25.9 Å². The number of rotatable bonds is 4. The number of thiazole rings is 1. The lowest BCUT2D eigenvalue weighted by Gasteiger charge is -2.34. The fraction of sp³-hybridized carbons (Fsp3) is 0.227. The summed E-state index contributed by atoms with van der Waals surface area (Å²) >= 11 is 1.65. The SMILES string of the molecule is Cc1nc(Cn2ccnc2[C@H]2CN(C(=O)c3cnccn3)Cc3ccccc32)cs1. The van der Waals surface area contributed by atoms with Crippen LogP contribution in [0.15, 0.2) is 60.6 Å². The molecule has 0 bridgehead atoms. The summed E-state index contributed by atoms with van der Waals surface area (Å²) in [6, 6.07) is 8.27. The molecule has 0 fully saturated rings. The molecule has 4 heterocycles. The fourth-order valence-electron chi connectivity index (χ4n) is 3.97. The van der Waals surface area contributed by atoms with Gasteiger partial charge in [-0.2, -0.15) is 0 Å². The second kappa shape index (κ2) is 7.79. The van der Waals surface area contributed by atoms with Crippen LogP contribution in [0.4, 0.5) is 0 Å². The summed E-state index contributed by atoms with van der Waals surface area (Å²) < 4.78 is 2.13. The Hall–Kier alpha value is -3.39. The number of hydrogen-bond acceptors (Lipinski definition) is 6. The second-order valence-electron chi connectivity index (χ2n) is 7.30. The molecule has 1 amide bonds. The first-order valence-corrected chi connectivity index (χ1v) is 10.6. The van der Waals surface area contributed by atoms with Gasteiger partial charge in [0, 0.05) is 43.3 Å². The van der Waals surface area contributed by atoms with Crippen LogP contribution < -0.4 is 0 Å². The Labute approximate surface area is 178 Å². The molecule has 1 aromatic carbocycles. The highest BCUT2D eigenvalue weighted by molar-refractivity contribution is 7.09. The monoisotopic (exact) mass is 416 g/mol. The lowest BCUT2D eigenvalue weighted by molar-refractivity contribution is 0.0716. The number of fused-ring (bicyclic) bond motifs is 1. The van der Waals surface area contributed by atoms with Gasteiger partial charge < -0.3 is 9.47 Å². The molecule has 1 atom stereocenters. The molecular formula is C22H20N6OS. The summed E-state index contributed by atoms with van der Waals surface area (Å²) in [5.74, 6) is 0.797. The molecule has 0 unspecified atom stereocenters. The maximum absolute atomic E-state index is 13.1. The average Bonchev–Trinajstić information content (AvgIpc) is 3.42. The topological polar surface area (TPSA) is 76.8 Å². The predicted octanol–water partition coefficient (Wildman–Crippen LogP) is 3.27. The predicted molar refractivity (Wildman–Crippen MR) is 113 cm³/mol. The molecule has 7 nitrogen and oxygen atoms in total. The van der Waals surface area contributed by atoms with E-state index >= 15 is 0 Å². The molecule has 4 aromatic rings. The van der Waals surface area contributed by atoms with Crippen LogP contribution in [-0.4, -0.2) is 41.9 Å². The first-order chi connectivity index (χ1) is 14.7. The summed E-state index contributed by atoms with van der Waals surface area (Å²) in [5.41, 5.74) is 3.72. The number of nitrogens with zero attached hydrogens (tertiary/aromatic N) is 6. The molecule has 5 rings (SSSR count). The van der Waals surface area contributed by atoms with Crippen LogP contribution in [0.2, 0.25) is 0 Å². The number of carbonyl (C=O) groups is 1. The van der Waals surface area contributed by atoms with E-state index in [1.807, 2.05) is 36.4 Å². The smallest absolute Gasteiger partial charge is 0.274 e. The van der Waals surface area contributed by atoms with Gasteiger partial charge >= 0.3 is 0 Å². The summed E-state index contributed by atoms with van der Waals surface area (Å²) in [4.78, 5) is 32.4. The number of aryl methyl sites for hydroxylation is 1. The highest BCUT2D eigenvalue weighted by Gasteiger charge is 2.32. The van der Waals surface area contributed by atoms with Gasteiger partial charge in [0.15, 0.2) is 0 Å². The van der Waals surface area contributed by atoms with Crippen molar-refractivity contribution in [1.29, 1.82) is 0 Å². The Morgan fingerprint density at radius 2 is 2.10 bits per heavy atom. The van der Waals surface area contributed by atoms with E-state index < -0.39 is 0 Å². The van der Waals surface area contributed by atoms with Gasteiger partial charge in [-0.05, 0) is 18.1 Å². The van der Waals surface area contributed by atoms with Crippen LogP contribution in [0.1, 0.15) is 44.1 Å². The van der Waals surface area contributed by atoms with Crippen LogP contribution in [0.25, 0.3) is 0 Å². The van der Waals surface area contributed by atoms with Gasteiger partial charge in [0.2, 0.25) is 0 Å². The van der Waals surface area contributed by atoms with Gasteiger partial charge in [-0.15, -0.1) is 11.3 Å². The number of imidazole rings is 1. The van der Waals surface area contributed by atoms with Gasteiger partial charge in [-0.25, -0.2) is 15.0 Å². The van der Waals surface area contributed by atoms with Crippen molar-refractivity contribution in [2.75, 3.05) is 6.54 Å². The van der Waals surface area contributed by atoms with Crippen molar-refractivity contribution in [2.24, 2.45) is 0 Å². The molecule has 0 N–H and O–H groups in total. The Morgan fingerprint density at radius 1 is 1.20 bits per heavy atom. The van der Waals surface area contributed by atoms with Gasteiger partial charge in [0.1, 0.15) is 11.5 Å². The lowest BCUT2D eigenvalue weighted by Crippen LogP contribution is -2.39. The van der Waals surface area contributed by atoms with E-state index in [9.17, 15) is 4.79 Å². The number of benzene rings is 1. The first-order valence-electron chi connectivity index (χ1n) is 9.74. The van der Waals surface area contributed by atoms with Gasteiger partial charge in [-0.3, -0.25) is 9.78 Å². The number of aromatic nitrogens is 5. The molecule has 0 saturated heterocycles. The quantitative estimate of drug-likeness (QED) is 0.510. The molecule has 0 radical (unpaired) electrons. The van der Waals surface area contributed by atoms with Crippen LogP contribution in [0.3, 0.4) is 0 Å². The molecule has 0 saturated carbocycles. The molecule has 30 heavy (non-hydrogen) atoms. The van der Waals surface area contributed by atoms with Crippen molar-refractivity contribution in [3.05, 3.63) is 94.0 Å². The molecule has 1 aliphatic heterocycles. The minimum atomic E-state index is -0.115. The third kappa shape index (κ3) is 3.50. The lowest BCUT2D eigenvalue weighted by atomic mass is 9.88. The Balaban J connectivity index is 1.50. The largest absolute Gasteiger partial charge is 0.332 e. The van der Waals surface area contributed by atoms with Gasteiger partial charge in [0.05, 0.1) is 29.4 Å². The summed E-state index contributed by atoms with van der Waals surface area (Å²) in [5, 5.41) is 3.13. The number of hydrogen-bond donors (Lipinski definition) is 0. The molecule has 8 heteroatoms. The number of carbonyl (C=O) groups excluding carboxylic acids is 1. The highest BCUT2D eigenvalue weighted by Crippen LogP contribution is 2.33. The van der Waals surface area contributed by atoms with Crippen LogP contribution in [0, 0.1) is 6.92 Å². The number of amides is 1. The Morgan fingerprint density at radius 3 is 2.90 bits per heavy atom. The van der Waals surface area contributed by atoms with Crippen molar-refractivity contribution in [3.8, 4) is 0 Å². The second-order valence-corrected chi connectivity index (χ2v) is 8.36. The minimum Gasteiger partial charge on any atom is -0.332 e. The van der Waals surface area contributed by atoms with Crippen LogP contribution >= 0.6 is 11.3 Å². The van der Waals surface area contributed by atoms with E-state index in [4.69, 9.17) is 0 Å². The fourth-order valence-corrected chi connectivity index (χ4v) is 4.58. The first kappa shape index (κ1) is 18.6. The Bertz CT molecular complexity index is 1190. The van der Waals surface area contributed by atoms with Crippen molar-refractivity contribution in [3.63, 3.8) is 0 Å². The third-order valence-corrected chi connectivity index (χ3v) is 6.14. The van der Waals surface area contributed by atoms with E-state index in [1.165, 1.54) is 11.8 Å². The summed E-state index contributed by atoms with van der Waals surface area (Å²) in [7, 11) is 0. The minimum absolute atomic E-state index is 0.0229. The van der Waals surface area contributed by atoms with Crippen molar-refractivity contribution >= 4 is 17.2 Å². The van der Waals surface area contributed by atoms with Crippen LogP contribution in [0.5, 0.6) is 0 Å². The average molecular weight is 417 g/mol. The maximum atomic E-state index is 13.1. The molecule has 0 spiro atoms. The van der Waals surface area contributed by atoms with Crippen molar-refractivity contribution < 1.29 is 4.79 Å². The summed E-state index contributed by atoms with van der Waals surface area (Å²) in [6.07, 6.45) is 8.44. The highest BCUT2D eigenvalue weighted by atomic mass is 32.1. The molecular weight excluding hydrogens is 396 g/mol. The van der Waals surface area contributed by atoms with E-state index in [0.29, 0.717) is 25.3 Å². The van der Waals surface area contributed by atoms with E-state index in [-0.39, 0.29) is 11.8 Å². The van der Waals surface area contributed by atoms with E-state index in [0.717, 1.165) is 22.1 Å². The maximum Gasteiger partial charge on any atom is 0.274 e. The van der Waals surface area contributed by atoms with Crippen molar-refractivity contribution in [1.82, 2.24) is 29.4 Å². The third-order valence-electron chi connectivity index (χ3n) is 5.32. The van der Waals surface area contributed by atoms with Crippen LogP contribution in [-0.2, 0) is 13.1 Å². The zero-order valence-corrected chi connectivity index (χ0v) is 17.3. The van der Waals surface area contributed by atoms with Gasteiger partial charge in [-0.1, -0.05) is 24.3 Å². The Kier molecular flexibility index (Phi) is 4.84. The molecule has 1 aliphatic rings. The van der Waals surface area contributed by atoms with E-state index in [2.05, 4.69) is 42.0 Å². The standard InChI is InChI=1S/C22H20N6OS/c1-15-26-17(14-30-15)12-27-9-8-25-21(27)19-13-28(11-16-4-2-3-5-18(16)19)22(29)20-10-23-6-7-24-20/h2-10,14,19H,11-13H2,1H3/t19-/m0/s1. The molecule has 3 aromatic heterocycles. The zero-order chi connectivity index (χ0) is 20.5. The normalized spacial score (nSPS) is 15.8. The summed E-state index contributed by atoms with van der Waals surface area (Å²) in [6.45, 7) is 3.76.